The van der Waals surface area contributed by atoms with E-state index in [0.717, 1.165) is 12.2 Å². The molecule has 0 aliphatic carbocycles. The average molecular weight is 339 g/mol. The first kappa shape index (κ1) is 16.6. The summed E-state index contributed by atoms with van der Waals surface area (Å²) in [6.45, 7) is 5.11. The molecule has 118 valence electrons. The normalized spacial score (nSPS) is 11.5. The van der Waals surface area contributed by atoms with Crippen molar-refractivity contribution in [1.29, 1.82) is 0 Å². The van der Waals surface area contributed by atoms with E-state index in [1.54, 1.807) is 30.3 Å². The third kappa shape index (κ3) is 4.39. The molecule has 0 aromatic heterocycles. The molecule has 0 saturated heterocycles. The molecular weight excluding hydrogens is 320 g/mol. The van der Waals surface area contributed by atoms with Crippen LogP contribution in [0.5, 0.6) is 0 Å². The molecule has 2 N–H and O–H groups in total. The second kappa shape index (κ2) is 7.03. The third-order valence-corrected chi connectivity index (χ3v) is 4.86. The van der Waals surface area contributed by atoms with Gasteiger partial charge in [0.1, 0.15) is 4.90 Å². The maximum atomic E-state index is 12.3. The fourth-order valence-electron chi connectivity index (χ4n) is 1.85. The first-order valence-electron chi connectivity index (χ1n) is 7.00. The Labute approximate surface area is 136 Å². The molecule has 2 rings (SSSR count). The van der Waals surface area contributed by atoms with Crippen molar-refractivity contribution in [2.75, 3.05) is 16.6 Å². The summed E-state index contributed by atoms with van der Waals surface area (Å²) in [7, 11) is -3.68. The number of hydrogen-bond donors (Lipinski definition) is 2. The van der Waals surface area contributed by atoms with E-state index in [-0.39, 0.29) is 9.92 Å². The van der Waals surface area contributed by atoms with Crippen LogP contribution in [0.25, 0.3) is 0 Å². The topological polar surface area (TPSA) is 58.2 Å². The zero-order chi connectivity index (χ0) is 16.2. The molecule has 0 atom stereocenters. The number of sulfonamides is 1. The van der Waals surface area contributed by atoms with Gasteiger partial charge in [0.2, 0.25) is 0 Å². The Balaban J connectivity index is 2.12. The molecule has 22 heavy (non-hydrogen) atoms. The van der Waals surface area contributed by atoms with E-state index in [0.29, 0.717) is 11.6 Å². The van der Waals surface area contributed by atoms with E-state index in [2.05, 4.69) is 23.9 Å². The largest absolute Gasteiger partial charge is 0.385 e. The highest BCUT2D eigenvalue weighted by Crippen LogP contribution is 2.24. The van der Waals surface area contributed by atoms with Crippen LogP contribution in [-0.4, -0.2) is 15.0 Å². The lowest BCUT2D eigenvalue weighted by Gasteiger charge is -2.11. The fourth-order valence-corrected chi connectivity index (χ4v) is 3.43. The molecule has 2 aromatic rings. The monoisotopic (exact) mass is 338 g/mol. The Hall–Kier alpha value is -1.72. The van der Waals surface area contributed by atoms with Crippen LogP contribution in [0.1, 0.15) is 13.8 Å². The van der Waals surface area contributed by atoms with Gasteiger partial charge in [-0.3, -0.25) is 4.72 Å². The van der Waals surface area contributed by atoms with Gasteiger partial charge in [-0.2, -0.15) is 0 Å². The summed E-state index contributed by atoms with van der Waals surface area (Å²) in [6, 6.07) is 13.5. The highest BCUT2D eigenvalue weighted by molar-refractivity contribution is 7.92. The van der Waals surface area contributed by atoms with E-state index in [4.69, 9.17) is 11.6 Å². The molecule has 0 radical (unpaired) electrons. The van der Waals surface area contributed by atoms with Crippen LogP contribution in [-0.2, 0) is 10.0 Å². The van der Waals surface area contributed by atoms with Crippen LogP contribution in [0.2, 0.25) is 5.02 Å². The smallest absolute Gasteiger partial charge is 0.263 e. The van der Waals surface area contributed by atoms with Crippen LogP contribution in [0, 0.1) is 5.92 Å². The Morgan fingerprint density at radius 3 is 2.18 bits per heavy atom. The van der Waals surface area contributed by atoms with Gasteiger partial charge in [0.15, 0.2) is 0 Å². The summed E-state index contributed by atoms with van der Waals surface area (Å²) < 4.78 is 27.1. The number of rotatable bonds is 6. The summed E-state index contributed by atoms with van der Waals surface area (Å²) >= 11 is 5.94. The lowest BCUT2D eigenvalue weighted by atomic mass is 10.2. The second-order valence-electron chi connectivity index (χ2n) is 5.39. The van der Waals surface area contributed by atoms with Crippen molar-refractivity contribution in [2.45, 2.75) is 18.7 Å². The summed E-state index contributed by atoms with van der Waals surface area (Å²) in [5.41, 5.74) is 1.45. The lowest BCUT2D eigenvalue weighted by Crippen LogP contribution is -2.13. The molecule has 0 spiro atoms. The predicted molar refractivity (Wildman–Crippen MR) is 92.0 cm³/mol. The van der Waals surface area contributed by atoms with E-state index in [1.165, 1.54) is 6.07 Å². The van der Waals surface area contributed by atoms with Crippen molar-refractivity contribution in [3.05, 3.63) is 53.6 Å². The van der Waals surface area contributed by atoms with Crippen molar-refractivity contribution >= 4 is 33.0 Å². The molecule has 0 bridgehead atoms. The van der Waals surface area contributed by atoms with Gasteiger partial charge in [0, 0.05) is 17.9 Å². The summed E-state index contributed by atoms with van der Waals surface area (Å²) in [5.74, 6) is 0.540. The van der Waals surface area contributed by atoms with Crippen LogP contribution in [0.3, 0.4) is 0 Å². The molecule has 0 aliphatic rings. The van der Waals surface area contributed by atoms with Crippen molar-refractivity contribution in [1.82, 2.24) is 0 Å². The standard InChI is InChI=1S/C16H19ClN2O2S/c1-12(2)11-18-13-7-9-14(10-8-13)19-22(20,21)16-6-4-3-5-15(16)17/h3-10,12,18-19H,11H2,1-2H3. The molecule has 0 heterocycles. The Morgan fingerprint density at radius 2 is 1.59 bits per heavy atom. The van der Waals surface area contributed by atoms with Gasteiger partial charge < -0.3 is 5.32 Å². The van der Waals surface area contributed by atoms with Gasteiger partial charge in [-0.25, -0.2) is 8.42 Å². The van der Waals surface area contributed by atoms with E-state index in [1.807, 2.05) is 12.1 Å². The quantitative estimate of drug-likeness (QED) is 0.829. The SMILES string of the molecule is CC(C)CNc1ccc(NS(=O)(=O)c2ccccc2Cl)cc1. The van der Waals surface area contributed by atoms with Crippen LogP contribution in [0.4, 0.5) is 11.4 Å². The van der Waals surface area contributed by atoms with Gasteiger partial charge in [0.05, 0.1) is 5.02 Å². The maximum Gasteiger partial charge on any atom is 0.263 e. The number of halogens is 1. The molecule has 0 saturated carbocycles. The van der Waals surface area contributed by atoms with Crippen LogP contribution in [0.15, 0.2) is 53.4 Å². The van der Waals surface area contributed by atoms with Crippen molar-refractivity contribution < 1.29 is 8.42 Å². The number of nitrogens with one attached hydrogen (secondary N) is 2. The zero-order valence-corrected chi connectivity index (χ0v) is 14.1. The minimum atomic E-state index is -3.68. The minimum absolute atomic E-state index is 0.0682. The van der Waals surface area contributed by atoms with E-state index < -0.39 is 10.0 Å². The average Bonchev–Trinajstić information content (AvgIpc) is 2.46. The number of benzene rings is 2. The summed E-state index contributed by atoms with van der Waals surface area (Å²) in [5, 5.41) is 3.48. The van der Waals surface area contributed by atoms with Crippen LogP contribution < -0.4 is 10.0 Å². The Bertz CT molecular complexity index is 728. The van der Waals surface area contributed by atoms with Gasteiger partial charge >= 0.3 is 0 Å². The molecule has 6 heteroatoms. The minimum Gasteiger partial charge on any atom is -0.385 e. The zero-order valence-electron chi connectivity index (χ0n) is 12.5. The Morgan fingerprint density at radius 1 is 1.00 bits per heavy atom. The number of hydrogen-bond acceptors (Lipinski definition) is 3. The molecular formula is C16H19ClN2O2S. The highest BCUT2D eigenvalue weighted by Gasteiger charge is 2.17. The van der Waals surface area contributed by atoms with E-state index >= 15 is 0 Å². The van der Waals surface area contributed by atoms with Gasteiger partial charge in [-0.05, 0) is 42.3 Å². The first-order chi connectivity index (χ1) is 10.4. The maximum absolute atomic E-state index is 12.3. The van der Waals surface area contributed by atoms with Gasteiger partial charge in [-0.15, -0.1) is 0 Å². The Kier molecular flexibility index (Phi) is 5.32. The molecule has 4 nitrogen and oxygen atoms in total. The third-order valence-electron chi connectivity index (χ3n) is 2.98. The van der Waals surface area contributed by atoms with Crippen molar-refractivity contribution in [2.24, 2.45) is 5.92 Å². The van der Waals surface area contributed by atoms with Gasteiger partial charge in [0.25, 0.3) is 10.0 Å². The van der Waals surface area contributed by atoms with Crippen molar-refractivity contribution in [3.8, 4) is 0 Å². The summed E-state index contributed by atoms with van der Waals surface area (Å²) in [4.78, 5) is 0.0682. The molecule has 0 fully saturated rings. The molecule has 0 aliphatic heterocycles. The highest BCUT2D eigenvalue weighted by atomic mass is 35.5. The summed E-state index contributed by atoms with van der Waals surface area (Å²) in [6.07, 6.45) is 0. The fraction of sp³-hybridized carbons (Fsp3) is 0.250. The molecule has 0 unspecified atom stereocenters. The second-order valence-corrected chi connectivity index (χ2v) is 7.45. The van der Waals surface area contributed by atoms with E-state index in [9.17, 15) is 8.42 Å². The van der Waals surface area contributed by atoms with Crippen molar-refractivity contribution in [3.63, 3.8) is 0 Å². The molecule has 2 aromatic carbocycles. The predicted octanol–water partition coefficient (Wildman–Crippen LogP) is 4.21. The lowest BCUT2D eigenvalue weighted by molar-refractivity contribution is 0.601. The number of anilines is 2. The van der Waals surface area contributed by atoms with Gasteiger partial charge in [-0.1, -0.05) is 37.6 Å². The molecule has 0 amide bonds. The first-order valence-corrected chi connectivity index (χ1v) is 8.86. The van der Waals surface area contributed by atoms with Crippen LogP contribution >= 0.6 is 11.6 Å².